The number of hydrogen-bond donors (Lipinski definition) is 1. The van der Waals surface area contributed by atoms with Crippen LogP contribution in [0.4, 0.5) is 11.4 Å². The smallest absolute Gasteiger partial charge is 0.271 e. The number of methoxy groups -OCH3 is 2. The summed E-state index contributed by atoms with van der Waals surface area (Å²) >= 11 is 3.37. The van der Waals surface area contributed by atoms with Gasteiger partial charge in [0.1, 0.15) is 0 Å². The van der Waals surface area contributed by atoms with E-state index >= 15 is 0 Å². The van der Waals surface area contributed by atoms with Gasteiger partial charge in [0, 0.05) is 34.3 Å². The number of nitrogens with one attached hydrogen (secondary N) is 1. The van der Waals surface area contributed by atoms with Crippen molar-refractivity contribution >= 4 is 33.1 Å². The molecule has 3 aromatic rings. The van der Waals surface area contributed by atoms with E-state index in [9.17, 15) is 14.9 Å². The first kappa shape index (κ1) is 22.3. The van der Waals surface area contributed by atoms with Gasteiger partial charge < -0.3 is 14.8 Å². The molecule has 0 amide bonds. The van der Waals surface area contributed by atoms with Gasteiger partial charge in [0.05, 0.1) is 25.2 Å². The lowest BCUT2D eigenvalue weighted by Gasteiger charge is -2.21. The maximum atomic E-state index is 13.0. The number of halogens is 1. The predicted molar refractivity (Wildman–Crippen MR) is 122 cm³/mol. The summed E-state index contributed by atoms with van der Waals surface area (Å²) in [5.41, 5.74) is 1.87. The highest BCUT2D eigenvalue weighted by Crippen LogP contribution is 2.33. The van der Waals surface area contributed by atoms with Crippen molar-refractivity contribution in [2.75, 3.05) is 19.5 Å². The fourth-order valence-corrected chi connectivity index (χ4v) is 3.44. The van der Waals surface area contributed by atoms with Gasteiger partial charge in [0.2, 0.25) is 0 Å². The van der Waals surface area contributed by atoms with E-state index in [1.807, 2.05) is 18.2 Å². The molecule has 8 heteroatoms. The molecule has 0 saturated heterocycles. The summed E-state index contributed by atoms with van der Waals surface area (Å²) in [5, 5.41) is 14.4. The number of hydrogen-bond acceptors (Lipinski definition) is 6. The second-order valence-corrected chi connectivity index (χ2v) is 7.67. The number of ketones is 1. The monoisotopic (exact) mass is 484 g/mol. The lowest BCUT2D eigenvalue weighted by Crippen LogP contribution is -2.16. The lowest BCUT2D eigenvalue weighted by molar-refractivity contribution is -0.384. The Balaban J connectivity index is 1.95. The second kappa shape index (κ2) is 10.1. The number of anilines is 1. The van der Waals surface area contributed by atoms with Crippen LogP contribution in [0, 0.1) is 10.1 Å². The number of carbonyl (C=O) groups is 1. The minimum atomic E-state index is -0.455. The van der Waals surface area contributed by atoms with Gasteiger partial charge in [-0.15, -0.1) is 0 Å². The lowest BCUT2D eigenvalue weighted by atomic mass is 9.97. The predicted octanol–water partition coefficient (Wildman–Crippen LogP) is 5.80. The zero-order valence-corrected chi connectivity index (χ0v) is 18.6. The first-order valence-corrected chi connectivity index (χ1v) is 10.2. The zero-order valence-electron chi connectivity index (χ0n) is 17.0. The van der Waals surface area contributed by atoms with E-state index in [0.717, 1.165) is 10.0 Å². The molecule has 3 rings (SSSR count). The van der Waals surface area contributed by atoms with Gasteiger partial charge in [-0.3, -0.25) is 14.9 Å². The van der Waals surface area contributed by atoms with Crippen molar-refractivity contribution in [1.29, 1.82) is 0 Å². The maximum absolute atomic E-state index is 13.0. The molecule has 7 nitrogen and oxygen atoms in total. The van der Waals surface area contributed by atoms with Gasteiger partial charge >= 0.3 is 0 Å². The normalized spacial score (nSPS) is 11.5. The summed E-state index contributed by atoms with van der Waals surface area (Å²) in [6, 6.07) is 18.3. The first-order valence-electron chi connectivity index (χ1n) is 9.43. The molecule has 0 aliphatic rings. The van der Waals surface area contributed by atoms with E-state index in [-0.39, 0.29) is 17.9 Å². The van der Waals surface area contributed by atoms with Crippen LogP contribution in [0.1, 0.15) is 28.4 Å². The Morgan fingerprint density at radius 2 is 1.74 bits per heavy atom. The van der Waals surface area contributed by atoms with Crippen molar-refractivity contribution < 1.29 is 19.2 Å². The van der Waals surface area contributed by atoms with E-state index in [1.165, 1.54) is 19.2 Å². The number of benzene rings is 3. The van der Waals surface area contributed by atoms with E-state index in [0.29, 0.717) is 22.7 Å². The van der Waals surface area contributed by atoms with Crippen LogP contribution >= 0.6 is 15.9 Å². The van der Waals surface area contributed by atoms with Crippen LogP contribution in [-0.4, -0.2) is 24.9 Å². The number of rotatable bonds is 9. The minimum absolute atomic E-state index is 0.0321. The summed E-state index contributed by atoms with van der Waals surface area (Å²) in [6.45, 7) is 0. The Hall–Kier alpha value is -3.39. The number of carbonyl (C=O) groups excluding carboxylic acids is 1. The molecule has 0 bridgehead atoms. The van der Waals surface area contributed by atoms with Crippen LogP contribution in [0.5, 0.6) is 11.5 Å². The van der Waals surface area contributed by atoms with Crippen molar-refractivity contribution in [1.82, 2.24) is 0 Å². The van der Waals surface area contributed by atoms with E-state index in [4.69, 9.17) is 9.47 Å². The van der Waals surface area contributed by atoms with Gasteiger partial charge in [-0.05, 0) is 35.9 Å². The number of nitro benzene ring substituents is 1. The minimum Gasteiger partial charge on any atom is -0.493 e. The average Bonchev–Trinajstić information content (AvgIpc) is 2.78. The molecular weight excluding hydrogens is 464 g/mol. The standard InChI is InChI=1S/C23H21BrN2O5/c1-30-22-11-8-16(12-23(22)31-2)20(14-21(27)15-6-9-17(24)10-7-15)25-18-4-3-5-19(13-18)26(28)29/h3-13,20,25H,14H2,1-2H3. The highest BCUT2D eigenvalue weighted by molar-refractivity contribution is 9.10. The van der Waals surface area contributed by atoms with Crippen molar-refractivity contribution in [3.8, 4) is 11.5 Å². The molecule has 0 aliphatic carbocycles. The number of Topliss-reactive ketones (excluding diaryl/α,β-unsaturated/α-hetero) is 1. The van der Waals surface area contributed by atoms with Crippen LogP contribution in [0.25, 0.3) is 0 Å². The van der Waals surface area contributed by atoms with Crippen molar-refractivity contribution in [3.63, 3.8) is 0 Å². The van der Waals surface area contributed by atoms with Crippen molar-refractivity contribution in [2.24, 2.45) is 0 Å². The molecule has 0 radical (unpaired) electrons. The molecule has 0 heterocycles. The molecule has 160 valence electrons. The summed E-state index contributed by atoms with van der Waals surface area (Å²) in [4.78, 5) is 23.7. The summed E-state index contributed by atoms with van der Waals surface area (Å²) in [7, 11) is 3.09. The highest BCUT2D eigenvalue weighted by atomic mass is 79.9. The summed E-state index contributed by atoms with van der Waals surface area (Å²) < 4.78 is 11.6. The molecule has 0 aliphatic heterocycles. The average molecular weight is 485 g/mol. The number of nitro groups is 1. The molecule has 1 N–H and O–H groups in total. The third-order valence-corrected chi connectivity index (χ3v) is 5.29. The summed E-state index contributed by atoms with van der Waals surface area (Å²) in [5.74, 6) is 1.03. The largest absolute Gasteiger partial charge is 0.493 e. The second-order valence-electron chi connectivity index (χ2n) is 6.75. The van der Waals surface area contributed by atoms with E-state index < -0.39 is 11.0 Å². The quantitative estimate of drug-likeness (QED) is 0.234. The van der Waals surface area contributed by atoms with Crippen LogP contribution in [0.15, 0.2) is 71.2 Å². The fraction of sp³-hybridized carbons (Fsp3) is 0.174. The topological polar surface area (TPSA) is 90.7 Å². The Bertz CT molecular complexity index is 1090. The summed E-state index contributed by atoms with van der Waals surface area (Å²) in [6.07, 6.45) is 0.139. The fourth-order valence-electron chi connectivity index (χ4n) is 3.17. The van der Waals surface area contributed by atoms with Crippen molar-refractivity contribution in [3.05, 3.63) is 92.4 Å². The van der Waals surface area contributed by atoms with Crippen LogP contribution in [-0.2, 0) is 0 Å². The number of ether oxygens (including phenoxy) is 2. The molecule has 1 atom stereocenters. The van der Waals surface area contributed by atoms with Crippen molar-refractivity contribution in [2.45, 2.75) is 12.5 Å². The molecular formula is C23H21BrN2O5. The van der Waals surface area contributed by atoms with Crippen LogP contribution in [0.2, 0.25) is 0 Å². The van der Waals surface area contributed by atoms with Gasteiger partial charge in [-0.25, -0.2) is 0 Å². The third kappa shape index (κ3) is 5.61. The Labute approximate surface area is 188 Å². The highest BCUT2D eigenvalue weighted by Gasteiger charge is 2.20. The Morgan fingerprint density at radius 1 is 1.03 bits per heavy atom. The van der Waals surface area contributed by atoms with Gasteiger partial charge in [-0.2, -0.15) is 0 Å². The molecule has 3 aromatic carbocycles. The maximum Gasteiger partial charge on any atom is 0.271 e. The van der Waals surface area contributed by atoms with Crippen LogP contribution < -0.4 is 14.8 Å². The number of nitrogens with zero attached hydrogens (tertiary/aromatic N) is 1. The Kier molecular flexibility index (Phi) is 7.25. The van der Waals surface area contributed by atoms with Gasteiger partial charge in [-0.1, -0.05) is 40.2 Å². The molecule has 0 aromatic heterocycles. The molecule has 0 saturated carbocycles. The van der Waals surface area contributed by atoms with Gasteiger partial charge in [0.15, 0.2) is 17.3 Å². The Morgan fingerprint density at radius 3 is 2.39 bits per heavy atom. The number of non-ortho nitro benzene ring substituents is 1. The molecule has 1 unspecified atom stereocenters. The van der Waals surface area contributed by atoms with E-state index in [2.05, 4.69) is 21.2 Å². The first-order chi connectivity index (χ1) is 14.9. The van der Waals surface area contributed by atoms with Crippen LogP contribution in [0.3, 0.4) is 0 Å². The molecule has 0 fully saturated rings. The van der Waals surface area contributed by atoms with Gasteiger partial charge in [0.25, 0.3) is 5.69 Å². The SMILES string of the molecule is COc1ccc(C(CC(=O)c2ccc(Br)cc2)Nc2cccc([N+](=O)[O-])c2)cc1OC. The third-order valence-electron chi connectivity index (χ3n) is 4.76. The molecule has 31 heavy (non-hydrogen) atoms. The zero-order chi connectivity index (χ0) is 22.4. The van der Waals surface area contributed by atoms with E-state index in [1.54, 1.807) is 43.5 Å². The molecule has 0 spiro atoms.